The number of halogens is 1. The summed E-state index contributed by atoms with van der Waals surface area (Å²) in [5, 5.41) is 10.1. The number of rotatable bonds is 3. The van der Waals surface area contributed by atoms with Crippen LogP contribution in [0.2, 0.25) is 0 Å². The number of ketones is 1. The fourth-order valence-electron chi connectivity index (χ4n) is 1.85. The number of carbonyl (C=O) groups is 1. The molecule has 0 aliphatic carbocycles. The van der Waals surface area contributed by atoms with Crippen molar-refractivity contribution < 1.29 is 9.90 Å². The fourth-order valence-corrected chi connectivity index (χ4v) is 2.39. The third-order valence-electron chi connectivity index (χ3n) is 2.83. The Balaban J connectivity index is 2.46. The Morgan fingerprint density at radius 1 is 1.22 bits per heavy atom. The van der Waals surface area contributed by atoms with Gasteiger partial charge in [-0.2, -0.15) is 0 Å². The van der Waals surface area contributed by atoms with Gasteiger partial charge in [0.15, 0.2) is 5.78 Å². The highest BCUT2D eigenvalue weighted by Gasteiger charge is 2.15. The molecular weight excluding hydrogens is 339 g/mol. The first-order valence-corrected chi connectivity index (χ1v) is 6.82. The highest BCUT2D eigenvalue weighted by molar-refractivity contribution is 14.1. The van der Waals surface area contributed by atoms with Gasteiger partial charge in [-0.05, 0) is 52.8 Å². The van der Waals surface area contributed by atoms with E-state index in [1.807, 2.05) is 31.2 Å². The monoisotopic (exact) mass is 352 g/mol. The van der Waals surface area contributed by atoms with Gasteiger partial charge in [-0.15, -0.1) is 0 Å². The molecule has 0 saturated heterocycles. The molecule has 0 saturated carbocycles. The number of aromatic hydroxyl groups is 1. The van der Waals surface area contributed by atoms with E-state index >= 15 is 0 Å². The van der Waals surface area contributed by atoms with E-state index < -0.39 is 0 Å². The second-order valence-electron chi connectivity index (χ2n) is 4.01. The average Bonchev–Trinajstić information content (AvgIpc) is 2.38. The van der Waals surface area contributed by atoms with E-state index in [2.05, 4.69) is 22.6 Å². The predicted octanol–water partition coefficient (Wildman–Crippen LogP) is 3.79. The third kappa shape index (κ3) is 2.56. The van der Waals surface area contributed by atoms with Crippen molar-refractivity contribution in [3.8, 4) is 5.75 Å². The quantitative estimate of drug-likeness (QED) is 0.674. The second kappa shape index (κ2) is 5.52. The number of phenols is 1. The molecule has 92 valence electrons. The van der Waals surface area contributed by atoms with Crippen molar-refractivity contribution in [1.82, 2.24) is 0 Å². The van der Waals surface area contributed by atoms with Gasteiger partial charge in [0.1, 0.15) is 5.75 Å². The summed E-state index contributed by atoms with van der Waals surface area (Å²) in [4.78, 5) is 12.3. The molecule has 0 heterocycles. The van der Waals surface area contributed by atoms with Crippen LogP contribution in [0.5, 0.6) is 5.75 Å². The highest BCUT2D eigenvalue weighted by Crippen LogP contribution is 2.25. The van der Waals surface area contributed by atoms with Gasteiger partial charge in [0, 0.05) is 9.13 Å². The lowest BCUT2D eigenvalue weighted by molar-refractivity contribution is 0.103. The number of hydrogen-bond acceptors (Lipinski definition) is 2. The minimum Gasteiger partial charge on any atom is -0.507 e. The van der Waals surface area contributed by atoms with E-state index in [1.54, 1.807) is 18.2 Å². The molecule has 0 atom stereocenters. The van der Waals surface area contributed by atoms with E-state index in [1.165, 1.54) is 0 Å². The lowest BCUT2D eigenvalue weighted by atomic mass is 9.99. The SMILES string of the molecule is CCc1cccc(C(=O)c2cccc(I)c2)c1O. The van der Waals surface area contributed by atoms with Gasteiger partial charge in [0.25, 0.3) is 0 Å². The number of carbonyl (C=O) groups excluding carboxylic acids is 1. The Morgan fingerprint density at radius 2 is 1.94 bits per heavy atom. The lowest BCUT2D eigenvalue weighted by Gasteiger charge is -2.08. The minimum atomic E-state index is -0.138. The van der Waals surface area contributed by atoms with Crippen LogP contribution in [-0.4, -0.2) is 10.9 Å². The topological polar surface area (TPSA) is 37.3 Å². The maximum absolute atomic E-state index is 12.3. The second-order valence-corrected chi connectivity index (χ2v) is 5.25. The number of para-hydroxylation sites is 1. The van der Waals surface area contributed by atoms with Crippen molar-refractivity contribution >= 4 is 28.4 Å². The molecule has 2 rings (SSSR count). The Bertz CT molecular complexity index is 591. The number of phenolic OH excluding ortho intramolecular Hbond substituents is 1. The number of benzene rings is 2. The lowest BCUT2D eigenvalue weighted by Crippen LogP contribution is -2.03. The van der Waals surface area contributed by atoms with Gasteiger partial charge in [-0.3, -0.25) is 4.79 Å². The molecule has 0 radical (unpaired) electrons. The van der Waals surface area contributed by atoms with E-state index in [0.717, 1.165) is 9.13 Å². The first-order chi connectivity index (χ1) is 8.63. The standard InChI is InChI=1S/C15H13IO2/c1-2-10-5-4-8-13(14(10)17)15(18)11-6-3-7-12(16)9-11/h3-9,17H,2H2,1H3. The molecule has 2 aromatic carbocycles. The summed E-state index contributed by atoms with van der Waals surface area (Å²) < 4.78 is 1.00. The molecule has 0 amide bonds. The Kier molecular flexibility index (Phi) is 4.01. The number of aryl methyl sites for hydroxylation is 1. The molecule has 1 N–H and O–H groups in total. The summed E-state index contributed by atoms with van der Waals surface area (Å²) in [6, 6.07) is 12.7. The maximum Gasteiger partial charge on any atom is 0.196 e. The van der Waals surface area contributed by atoms with Crippen molar-refractivity contribution in [1.29, 1.82) is 0 Å². The maximum atomic E-state index is 12.3. The molecule has 2 aromatic rings. The van der Waals surface area contributed by atoms with Crippen molar-refractivity contribution in [2.45, 2.75) is 13.3 Å². The van der Waals surface area contributed by atoms with Crippen LogP contribution in [-0.2, 0) is 6.42 Å². The first-order valence-electron chi connectivity index (χ1n) is 5.74. The van der Waals surface area contributed by atoms with Gasteiger partial charge in [0.05, 0.1) is 5.56 Å². The molecule has 0 bridgehead atoms. The van der Waals surface area contributed by atoms with Gasteiger partial charge in [-0.1, -0.05) is 31.2 Å². The van der Waals surface area contributed by atoms with Gasteiger partial charge in [0.2, 0.25) is 0 Å². The van der Waals surface area contributed by atoms with Crippen molar-refractivity contribution in [3.63, 3.8) is 0 Å². The average molecular weight is 352 g/mol. The molecule has 3 heteroatoms. The van der Waals surface area contributed by atoms with Crippen LogP contribution in [0.25, 0.3) is 0 Å². The van der Waals surface area contributed by atoms with Gasteiger partial charge in [-0.25, -0.2) is 0 Å². The van der Waals surface area contributed by atoms with Gasteiger partial charge < -0.3 is 5.11 Å². The zero-order chi connectivity index (χ0) is 13.1. The van der Waals surface area contributed by atoms with Crippen LogP contribution >= 0.6 is 22.6 Å². The van der Waals surface area contributed by atoms with E-state index in [-0.39, 0.29) is 11.5 Å². The zero-order valence-electron chi connectivity index (χ0n) is 9.98. The van der Waals surface area contributed by atoms with E-state index in [4.69, 9.17) is 0 Å². The predicted molar refractivity (Wildman–Crippen MR) is 80.1 cm³/mol. The fraction of sp³-hybridized carbons (Fsp3) is 0.133. The summed E-state index contributed by atoms with van der Waals surface area (Å²) in [5.74, 6) is -0.0369. The summed E-state index contributed by atoms with van der Waals surface area (Å²) in [5.41, 5.74) is 1.77. The Hall–Kier alpha value is -1.36. The molecular formula is C15H13IO2. The first kappa shape index (κ1) is 13.1. The minimum absolute atomic E-state index is 0.101. The van der Waals surface area contributed by atoms with Crippen molar-refractivity contribution in [2.24, 2.45) is 0 Å². The van der Waals surface area contributed by atoms with Crippen LogP contribution in [0, 0.1) is 3.57 Å². The molecule has 0 aliphatic rings. The van der Waals surface area contributed by atoms with Crippen LogP contribution < -0.4 is 0 Å². The summed E-state index contributed by atoms with van der Waals surface area (Å²) in [6.45, 7) is 1.95. The van der Waals surface area contributed by atoms with Crippen LogP contribution in [0.4, 0.5) is 0 Å². The molecule has 18 heavy (non-hydrogen) atoms. The highest BCUT2D eigenvalue weighted by atomic mass is 127. The summed E-state index contributed by atoms with van der Waals surface area (Å²) in [6.07, 6.45) is 0.708. The van der Waals surface area contributed by atoms with Crippen molar-refractivity contribution in [2.75, 3.05) is 0 Å². The zero-order valence-corrected chi connectivity index (χ0v) is 12.1. The van der Waals surface area contributed by atoms with Crippen molar-refractivity contribution in [3.05, 3.63) is 62.7 Å². The molecule has 0 aromatic heterocycles. The normalized spacial score (nSPS) is 10.3. The summed E-state index contributed by atoms with van der Waals surface area (Å²) >= 11 is 2.17. The van der Waals surface area contributed by atoms with E-state index in [9.17, 15) is 9.90 Å². The van der Waals surface area contributed by atoms with Gasteiger partial charge >= 0.3 is 0 Å². The number of hydrogen-bond donors (Lipinski definition) is 1. The third-order valence-corrected chi connectivity index (χ3v) is 3.50. The largest absolute Gasteiger partial charge is 0.507 e. The van der Waals surface area contributed by atoms with Crippen LogP contribution in [0.15, 0.2) is 42.5 Å². The van der Waals surface area contributed by atoms with E-state index in [0.29, 0.717) is 17.5 Å². The smallest absolute Gasteiger partial charge is 0.196 e. The molecule has 2 nitrogen and oxygen atoms in total. The molecule has 0 fully saturated rings. The molecule has 0 unspecified atom stereocenters. The molecule has 0 spiro atoms. The molecule has 0 aliphatic heterocycles. The van der Waals surface area contributed by atoms with Crippen LogP contribution in [0.1, 0.15) is 28.4 Å². The Labute approximate surface area is 120 Å². The summed E-state index contributed by atoms with van der Waals surface area (Å²) in [7, 11) is 0. The Morgan fingerprint density at radius 3 is 2.61 bits per heavy atom. The van der Waals surface area contributed by atoms with Crippen LogP contribution in [0.3, 0.4) is 0 Å².